The molecule has 0 bridgehead atoms. The van der Waals surface area contributed by atoms with E-state index in [0.29, 0.717) is 0 Å². The standard InChI is InChI=1S/C24H30O.C3H8/c1-2-3-4-5-8-18-25-24-16-14-21(15-17-24)23-13-9-12-20-10-6-7-11-22(20)19-23;1-3-2/h6-7,10-11,14-17,19H,2-5,8-9,12-13,18H2,1H3;3H2,1-2H3. The minimum atomic E-state index is 0.832. The molecule has 3 rings (SSSR count). The van der Waals surface area contributed by atoms with Gasteiger partial charge in [-0.3, -0.25) is 0 Å². The molecule has 28 heavy (non-hydrogen) atoms. The largest absolute Gasteiger partial charge is 0.494 e. The zero-order valence-corrected chi connectivity index (χ0v) is 18.2. The maximum Gasteiger partial charge on any atom is 0.119 e. The van der Waals surface area contributed by atoms with Crippen molar-refractivity contribution in [2.24, 2.45) is 0 Å². The van der Waals surface area contributed by atoms with E-state index in [2.05, 4.69) is 75.4 Å². The first-order valence-electron chi connectivity index (χ1n) is 11.3. The van der Waals surface area contributed by atoms with Gasteiger partial charge in [0.15, 0.2) is 0 Å². The Morgan fingerprint density at radius 1 is 0.786 bits per heavy atom. The Hall–Kier alpha value is -2.02. The van der Waals surface area contributed by atoms with E-state index in [4.69, 9.17) is 4.74 Å². The monoisotopic (exact) mass is 378 g/mol. The SMILES string of the molecule is CCC.CCCCCCCOc1ccc(C2=Cc3ccccc3CCC2)cc1. The lowest BCUT2D eigenvalue weighted by Crippen LogP contribution is -1.97. The summed E-state index contributed by atoms with van der Waals surface area (Å²) in [4.78, 5) is 0. The van der Waals surface area contributed by atoms with E-state index in [1.54, 1.807) is 0 Å². The summed E-state index contributed by atoms with van der Waals surface area (Å²) in [5.74, 6) is 0.994. The van der Waals surface area contributed by atoms with Crippen LogP contribution < -0.4 is 4.74 Å². The topological polar surface area (TPSA) is 9.23 Å². The predicted octanol–water partition coefficient (Wildman–Crippen LogP) is 8.33. The van der Waals surface area contributed by atoms with Crippen LogP contribution in [0, 0.1) is 0 Å². The summed E-state index contributed by atoms with van der Waals surface area (Å²) >= 11 is 0. The van der Waals surface area contributed by atoms with Gasteiger partial charge in [0.2, 0.25) is 0 Å². The van der Waals surface area contributed by atoms with E-state index >= 15 is 0 Å². The Bertz CT molecular complexity index is 696. The molecule has 2 aromatic carbocycles. The zero-order valence-electron chi connectivity index (χ0n) is 18.2. The molecular formula is C27H38O. The lowest BCUT2D eigenvalue weighted by Gasteiger charge is -2.09. The highest BCUT2D eigenvalue weighted by atomic mass is 16.5. The van der Waals surface area contributed by atoms with Gasteiger partial charge < -0.3 is 4.74 Å². The number of ether oxygens (including phenoxy) is 1. The Balaban J connectivity index is 0.000000878. The van der Waals surface area contributed by atoms with Gasteiger partial charge >= 0.3 is 0 Å². The van der Waals surface area contributed by atoms with Crippen molar-refractivity contribution in [2.75, 3.05) is 6.61 Å². The van der Waals surface area contributed by atoms with Crippen molar-refractivity contribution in [1.29, 1.82) is 0 Å². The van der Waals surface area contributed by atoms with Crippen molar-refractivity contribution >= 4 is 11.6 Å². The second kappa shape index (κ2) is 13.2. The van der Waals surface area contributed by atoms with E-state index in [1.165, 1.54) is 67.2 Å². The fraction of sp³-hybridized carbons (Fsp3) is 0.481. The van der Waals surface area contributed by atoms with Crippen LogP contribution in [-0.2, 0) is 6.42 Å². The predicted molar refractivity (Wildman–Crippen MR) is 124 cm³/mol. The van der Waals surface area contributed by atoms with Gasteiger partial charge in [0, 0.05) is 0 Å². The molecule has 0 heterocycles. The second-order valence-electron chi connectivity index (χ2n) is 7.72. The Morgan fingerprint density at radius 2 is 1.50 bits per heavy atom. The highest BCUT2D eigenvalue weighted by Crippen LogP contribution is 2.30. The maximum atomic E-state index is 5.89. The van der Waals surface area contributed by atoms with Gasteiger partial charge in [0.25, 0.3) is 0 Å². The quantitative estimate of drug-likeness (QED) is 0.419. The Morgan fingerprint density at radius 3 is 2.25 bits per heavy atom. The molecule has 0 atom stereocenters. The third-order valence-corrected chi connectivity index (χ3v) is 5.02. The van der Waals surface area contributed by atoms with E-state index in [9.17, 15) is 0 Å². The smallest absolute Gasteiger partial charge is 0.119 e. The van der Waals surface area contributed by atoms with Crippen LogP contribution in [0.15, 0.2) is 48.5 Å². The molecule has 1 aliphatic carbocycles. The number of aryl methyl sites for hydroxylation is 1. The first-order chi connectivity index (χ1) is 13.8. The van der Waals surface area contributed by atoms with Crippen LogP contribution in [0.2, 0.25) is 0 Å². The third-order valence-electron chi connectivity index (χ3n) is 5.02. The first kappa shape index (κ1) is 22.3. The molecule has 0 fully saturated rings. The molecule has 0 spiro atoms. The molecule has 1 nitrogen and oxygen atoms in total. The van der Waals surface area contributed by atoms with Gasteiger partial charge in [-0.15, -0.1) is 0 Å². The molecule has 0 amide bonds. The van der Waals surface area contributed by atoms with Gasteiger partial charge in [0.1, 0.15) is 5.75 Å². The molecule has 1 aliphatic rings. The molecule has 2 aromatic rings. The molecule has 152 valence electrons. The van der Waals surface area contributed by atoms with Crippen LogP contribution in [0.25, 0.3) is 11.6 Å². The number of fused-ring (bicyclic) bond motifs is 1. The first-order valence-corrected chi connectivity index (χ1v) is 11.3. The molecule has 1 heteroatoms. The number of benzene rings is 2. The summed E-state index contributed by atoms with van der Waals surface area (Å²) < 4.78 is 5.89. The van der Waals surface area contributed by atoms with E-state index in [0.717, 1.165) is 25.2 Å². The molecule has 0 aromatic heterocycles. The minimum Gasteiger partial charge on any atom is -0.494 e. The lowest BCUT2D eigenvalue weighted by atomic mass is 10.0. The van der Waals surface area contributed by atoms with Crippen LogP contribution >= 0.6 is 0 Å². The van der Waals surface area contributed by atoms with Gasteiger partial charge in [0.05, 0.1) is 6.61 Å². The van der Waals surface area contributed by atoms with Crippen molar-refractivity contribution < 1.29 is 4.74 Å². The van der Waals surface area contributed by atoms with Crippen molar-refractivity contribution in [1.82, 2.24) is 0 Å². The molecular weight excluding hydrogens is 340 g/mol. The second-order valence-corrected chi connectivity index (χ2v) is 7.72. The van der Waals surface area contributed by atoms with Crippen LogP contribution in [0.3, 0.4) is 0 Å². The van der Waals surface area contributed by atoms with Gasteiger partial charge in [-0.1, -0.05) is 95.3 Å². The zero-order chi connectivity index (χ0) is 20.0. The fourth-order valence-corrected chi connectivity index (χ4v) is 3.52. The third kappa shape index (κ3) is 7.54. The van der Waals surface area contributed by atoms with Crippen molar-refractivity contribution in [3.8, 4) is 5.75 Å². The summed E-state index contributed by atoms with van der Waals surface area (Å²) in [6, 6.07) is 17.4. The van der Waals surface area contributed by atoms with Gasteiger partial charge in [-0.2, -0.15) is 0 Å². The molecule has 0 aliphatic heterocycles. The number of allylic oxidation sites excluding steroid dienone is 1. The van der Waals surface area contributed by atoms with E-state index in [-0.39, 0.29) is 0 Å². The van der Waals surface area contributed by atoms with Crippen LogP contribution in [0.5, 0.6) is 5.75 Å². The Kier molecular flexibility index (Phi) is 10.5. The summed E-state index contributed by atoms with van der Waals surface area (Å²) in [5, 5.41) is 0. The highest BCUT2D eigenvalue weighted by Gasteiger charge is 2.10. The van der Waals surface area contributed by atoms with Crippen LogP contribution in [0.4, 0.5) is 0 Å². The normalized spacial score (nSPS) is 12.9. The Labute approximate surface area is 172 Å². The fourth-order valence-electron chi connectivity index (χ4n) is 3.52. The molecule has 0 N–H and O–H groups in total. The molecule has 0 unspecified atom stereocenters. The van der Waals surface area contributed by atoms with Crippen molar-refractivity contribution in [2.45, 2.75) is 78.6 Å². The summed E-state index contributed by atoms with van der Waals surface area (Å²) in [7, 11) is 0. The number of hydrogen-bond donors (Lipinski definition) is 0. The lowest BCUT2D eigenvalue weighted by molar-refractivity contribution is 0.304. The summed E-state index contributed by atoms with van der Waals surface area (Å²) in [6.45, 7) is 7.33. The van der Waals surface area contributed by atoms with E-state index in [1.807, 2.05) is 0 Å². The minimum absolute atomic E-state index is 0.832. The summed E-state index contributed by atoms with van der Waals surface area (Å²) in [6.07, 6.45) is 13.6. The highest BCUT2D eigenvalue weighted by molar-refractivity contribution is 5.83. The average Bonchev–Trinajstić information content (AvgIpc) is 2.94. The van der Waals surface area contributed by atoms with Gasteiger partial charge in [-0.25, -0.2) is 0 Å². The molecule has 0 saturated heterocycles. The number of rotatable bonds is 8. The average molecular weight is 379 g/mol. The molecule has 0 saturated carbocycles. The van der Waals surface area contributed by atoms with Crippen molar-refractivity contribution in [3.63, 3.8) is 0 Å². The van der Waals surface area contributed by atoms with Crippen LogP contribution in [-0.4, -0.2) is 6.61 Å². The molecule has 0 radical (unpaired) electrons. The van der Waals surface area contributed by atoms with E-state index < -0.39 is 0 Å². The number of hydrogen-bond acceptors (Lipinski definition) is 1. The van der Waals surface area contributed by atoms with Gasteiger partial charge in [-0.05, 0) is 60.1 Å². The maximum absolute atomic E-state index is 5.89. The van der Waals surface area contributed by atoms with Crippen LogP contribution in [0.1, 0.15) is 88.8 Å². The number of unbranched alkanes of at least 4 members (excludes halogenated alkanes) is 4. The van der Waals surface area contributed by atoms with Crippen molar-refractivity contribution in [3.05, 3.63) is 65.2 Å². The summed E-state index contributed by atoms with van der Waals surface area (Å²) in [5.41, 5.74) is 5.62.